The molecule has 1 N–H and O–H groups in total. The molecule has 0 aromatic rings. The first-order valence-electron chi connectivity index (χ1n) is 4.29. The average molecular weight is 157 g/mol. The molecule has 0 aliphatic carbocycles. The molecule has 11 heavy (non-hydrogen) atoms. The number of rotatable bonds is 5. The summed E-state index contributed by atoms with van der Waals surface area (Å²) in [5, 5.41) is 3.02. The average Bonchev–Trinajstić information content (AvgIpc) is 1.99. The lowest BCUT2D eigenvalue weighted by atomic mass is 9.97. The van der Waals surface area contributed by atoms with Crippen molar-refractivity contribution in [2.45, 2.75) is 39.7 Å². The third-order valence-electron chi connectivity index (χ3n) is 2.17. The zero-order valence-electron chi connectivity index (χ0n) is 7.98. The van der Waals surface area contributed by atoms with Crippen molar-refractivity contribution in [3.63, 3.8) is 0 Å². The molecule has 2 nitrogen and oxygen atoms in total. The first kappa shape index (κ1) is 10.6. The van der Waals surface area contributed by atoms with Crippen LogP contribution in [0.5, 0.6) is 0 Å². The zero-order chi connectivity index (χ0) is 8.85. The lowest BCUT2D eigenvalue weighted by Crippen LogP contribution is -2.33. The molecule has 0 aromatic heterocycles. The van der Waals surface area contributed by atoms with Gasteiger partial charge in [-0.05, 0) is 26.3 Å². The first-order valence-corrected chi connectivity index (χ1v) is 4.29. The predicted octanol–water partition coefficient (Wildman–Crippen LogP) is 1.60. The molecule has 0 spiro atoms. The molecule has 2 atom stereocenters. The minimum atomic E-state index is 0.0601. The second-order valence-corrected chi connectivity index (χ2v) is 3.20. The smallest absolute Gasteiger partial charge is 0.146 e. The molecule has 0 radical (unpaired) electrons. The largest absolute Gasteiger partial charge is 0.311 e. The lowest BCUT2D eigenvalue weighted by Gasteiger charge is -2.16. The second kappa shape index (κ2) is 5.30. The Bertz CT molecular complexity index is 123. The fourth-order valence-electron chi connectivity index (χ4n) is 1.06. The van der Waals surface area contributed by atoms with Gasteiger partial charge in [-0.3, -0.25) is 4.79 Å². The van der Waals surface area contributed by atoms with Crippen LogP contribution in [0.25, 0.3) is 0 Å². The Kier molecular flexibility index (Phi) is 5.12. The maximum absolute atomic E-state index is 11.0. The summed E-state index contributed by atoms with van der Waals surface area (Å²) >= 11 is 0. The van der Waals surface area contributed by atoms with E-state index in [1.54, 1.807) is 6.92 Å². The molecule has 0 aliphatic rings. The predicted molar refractivity (Wildman–Crippen MR) is 47.6 cm³/mol. The Balaban J connectivity index is 3.77. The van der Waals surface area contributed by atoms with E-state index in [0.717, 1.165) is 12.8 Å². The van der Waals surface area contributed by atoms with Crippen LogP contribution < -0.4 is 5.32 Å². The molecule has 0 amide bonds. The van der Waals surface area contributed by atoms with Gasteiger partial charge >= 0.3 is 0 Å². The molecule has 66 valence electrons. The Labute approximate surface area is 69.4 Å². The monoisotopic (exact) mass is 157 g/mol. The van der Waals surface area contributed by atoms with E-state index < -0.39 is 0 Å². The van der Waals surface area contributed by atoms with Crippen LogP contribution in [0.15, 0.2) is 0 Å². The molecule has 0 bridgehead atoms. The van der Waals surface area contributed by atoms with E-state index >= 15 is 0 Å². The first-order chi connectivity index (χ1) is 5.11. The summed E-state index contributed by atoms with van der Waals surface area (Å²) in [5.74, 6) is 0.879. The SMILES string of the molecule is CCC(C)CC(NC)C(C)=O. The van der Waals surface area contributed by atoms with Gasteiger partial charge in [-0.15, -0.1) is 0 Å². The highest BCUT2D eigenvalue weighted by Crippen LogP contribution is 2.09. The minimum Gasteiger partial charge on any atom is -0.311 e. The Morgan fingerprint density at radius 1 is 1.55 bits per heavy atom. The Morgan fingerprint density at radius 2 is 2.09 bits per heavy atom. The highest BCUT2D eigenvalue weighted by Gasteiger charge is 2.13. The second-order valence-electron chi connectivity index (χ2n) is 3.20. The van der Waals surface area contributed by atoms with E-state index in [1.165, 1.54) is 0 Å². The van der Waals surface area contributed by atoms with E-state index in [0.29, 0.717) is 5.92 Å². The van der Waals surface area contributed by atoms with Gasteiger partial charge in [-0.1, -0.05) is 20.3 Å². The molecular weight excluding hydrogens is 138 g/mol. The van der Waals surface area contributed by atoms with Crippen LogP contribution in [0.2, 0.25) is 0 Å². The molecule has 0 rings (SSSR count). The Morgan fingerprint density at radius 3 is 2.36 bits per heavy atom. The molecule has 0 aliphatic heterocycles. The number of carbonyl (C=O) groups is 1. The number of likely N-dealkylation sites (N-methyl/N-ethyl adjacent to an activating group) is 1. The van der Waals surface area contributed by atoms with Crippen molar-refractivity contribution in [2.24, 2.45) is 5.92 Å². The van der Waals surface area contributed by atoms with Crippen molar-refractivity contribution in [3.05, 3.63) is 0 Å². The normalized spacial score (nSPS) is 16.0. The van der Waals surface area contributed by atoms with Gasteiger partial charge in [0.1, 0.15) is 5.78 Å². The molecular formula is C9H19NO. The van der Waals surface area contributed by atoms with Crippen molar-refractivity contribution >= 4 is 5.78 Å². The molecule has 0 heterocycles. The van der Waals surface area contributed by atoms with Crippen molar-refractivity contribution in [2.75, 3.05) is 7.05 Å². The number of carbonyl (C=O) groups excluding carboxylic acids is 1. The number of nitrogens with one attached hydrogen (secondary N) is 1. The maximum atomic E-state index is 11.0. The van der Waals surface area contributed by atoms with Gasteiger partial charge in [0, 0.05) is 0 Å². The molecule has 0 saturated heterocycles. The summed E-state index contributed by atoms with van der Waals surface area (Å²) in [7, 11) is 1.84. The van der Waals surface area contributed by atoms with Crippen molar-refractivity contribution < 1.29 is 4.79 Å². The van der Waals surface area contributed by atoms with E-state index in [-0.39, 0.29) is 11.8 Å². The quantitative estimate of drug-likeness (QED) is 0.656. The van der Waals surface area contributed by atoms with E-state index in [2.05, 4.69) is 19.2 Å². The molecule has 0 aromatic carbocycles. The third-order valence-corrected chi connectivity index (χ3v) is 2.17. The van der Waals surface area contributed by atoms with E-state index in [1.807, 2.05) is 7.05 Å². The van der Waals surface area contributed by atoms with Gasteiger partial charge in [-0.25, -0.2) is 0 Å². The maximum Gasteiger partial charge on any atom is 0.146 e. The van der Waals surface area contributed by atoms with Gasteiger partial charge in [0.05, 0.1) is 6.04 Å². The fourth-order valence-corrected chi connectivity index (χ4v) is 1.06. The molecule has 2 unspecified atom stereocenters. The summed E-state index contributed by atoms with van der Waals surface area (Å²) in [4.78, 5) is 11.0. The van der Waals surface area contributed by atoms with Crippen LogP contribution in [0, 0.1) is 5.92 Å². The lowest BCUT2D eigenvalue weighted by molar-refractivity contribution is -0.119. The molecule has 0 fully saturated rings. The van der Waals surface area contributed by atoms with Crippen molar-refractivity contribution in [1.29, 1.82) is 0 Å². The molecule has 0 saturated carbocycles. The van der Waals surface area contributed by atoms with Gasteiger partial charge in [0.2, 0.25) is 0 Å². The summed E-state index contributed by atoms with van der Waals surface area (Å²) in [6.45, 7) is 5.97. The highest BCUT2D eigenvalue weighted by atomic mass is 16.1. The number of ketones is 1. The number of hydrogen-bond donors (Lipinski definition) is 1. The topological polar surface area (TPSA) is 29.1 Å². The van der Waals surface area contributed by atoms with Gasteiger partial charge in [-0.2, -0.15) is 0 Å². The Hall–Kier alpha value is -0.370. The van der Waals surface area contributed by atoms with Crippen LogP contribution in [0.1, 0.15) is 33.6 Å². The zero-order valence-corrected chi connectivity index (χ0v) is 7.98. The van der Waals surface area contributed by atoms with Crippen LogP contribution in [-0.4, -0.2) is 18.9 Å². The number of Topliss-reactive ketones (excluding diaryl/α,β-unsaturated/α-hetero) is 1. The van der Waals surface area contributed by atoms with Crippen LogP contribution in [0.4, 0.5) is 0 Å². The standard InChI is InChI=1S/C9H19NO/c1-5-7(2)6-9(10-4)8(3)11/h7,9-10H,5-6H2,1-4H3. The van der Waals surface area contributed by atoms with Crippen LogP contribution in [0.3, 0.4) is 0 Å². The minimum absolute atomic E-state index is 0.0601. The van der Waals surface area contributed by atoms with Crippen molar-refractivity contribution in [1.82, 2.24) is 5.32 Å². The summed E-state index contributed by atoms with van der Waals surface area (Å²) in [6.07, 6.45) is 2.10. The van der Waals surface area contributed by atoms with Crippen LogP contribution >= 0.6 is 0 Å². The third kappa shape index (κ3) is 4.14. The van der Waals surface area contributed by atoms with Crippen molar-refractivity contribution in [3.8, 4) is 0 Å². The summed E-state index contributed by atoms with van der Waals surface area (Å²) in [5.41, 5.74) is 0. The fraction of sp³-hybridized carbons (Fsp3) is 0.889. The van der Waals surface area contributed by atoms with E-state index in [4.69, 9.17) is 0 Å². The summed E-state index contributed by atoms with van der Waals surface area (Å²) < 4.78 is 0. The van der Waals surface area contributed by atoms with Crippen LogP contribution in [-0.2, 0) is 4.79 Å². The molecule has 2 heteroatoms. The van der Waals surface area contributed by atoms with E-state index in [9.17, 15) is 4.79 Å². The summed E-state index contributed by atoms with van der Waals surface area (Å²) in [6, 6.07) is 0.0601. The highest BCUT2D eigenvalue weighted by molar-refractivity contribution is 5.81. The van der Waals surface area contributed by atoms with Gasteiger partial charge in [0.15, 0.2) is 0 Å². The number of hydrogen-bond acceptors (Lipinski definition) is 2. The van der Waals surface area contributed by atoms with Gasteiger partial charge in [0.25, 0.3) is 0 Å². The van der Waals surface area contributed by atoms with Gasteiger partial charge < -0.3 is 5.32 Å².